The van der Waals surface area contributed by atoms with E-state index >= 15 is 0 Å². The molecule has 17 heavy (non-hydrogen) atoms. The van der Waals surface area contributed by atoms with Crippen molar-refractivity contribution in [3.63, 3.8) is 0 Å². The fourth-order valence-electron chi connectivity index (χ4n) is 1.48. The molecule has 2 aliphatic rings. The topological polar surface area (TPSA) is 91.7 Å². The van der Waals surface area contributed by atoms with Crippen molar-refractivity contribution in [2.24, 2.45) is 20.0 Å². The minimum Gasteiger partial charge on any atom is -0.467 e. The molecule has 0 aliphatic carbocycles. The van der Waals surface area contributed by atoms with Crippen LogP contribution in [-0.2, 0) is 6.54 Å². The molecule has 0 fully saturated rings. The number of carbonyl (C=O) groups is 1. The first-order valence-electron chi connectivity index (χ1n) is 4.91. The van der Waals surface area contributed by atoms with Crippen LogP contribution in [0, 0.1) is 0 Å². The Bertz CT molecular complexity index is 580. The summed E-state index contributed by atoms with van der Waals surface area (Å²) < 4.78 is 5.16. The van der Waals surface area contributed by atoms with Gasteiger partial charge in [-0.1, -0.05) is 0 Å². The van der Waals surface area contributed by atoms with Crippen molar-refractivity contribution in [1.29, 1.82) is 0 Å². The van der Waals surface area contributed by atoms with E-state index in [2.05, 4.69) is 25.3 Å². The van der Waals surface area contributed by atoms with Gasteiger partial charge in [-0.2, -0.15) is 9.98 Å². The van der Waals surface area contributed by atoms with Crippen LogP contribution < -0.4 is 5.32 Å². The largest absolute Gasteiger partial charge is 0.467 e. The molecule has 0 atom stereocenters. The maximum Gasteiger partial charge on any atom is 0.371 e. The molecule has 7 heteroatoms. The summed E-state index contributed by atoms with van der Waals surface area (Å²) in [4.78, 5) is 26.4. The lowest BCUT2D eigenvalue weighted by atomic mass is 10.3. The number of rotatable bonds is 2. The molecule has 7 nitrogen and oxygen atoms in total. The van der Waals surface area contributed by atoms with Crippen LogP contribution in [0.2, 0.25) is 0 Å². The number of nitrogens with zero attached hydrogens (tertiary/aromatic N) is 4. The Morgan fingerprint density at radius 2 is 2.29 bits per heavy atom. The summed E-state index contributed by atoms with van der Waals surface area (Å²) in [5.74, 6) is 1.41. The zero-order chi connectivity index (χ0) is 11.7. The number of hydrogen-bond acceptors (Lipinski definition) is 5. The second kappa shape index (κ2) is 3.78. The van der Waals surface area contributed by atoms with Gasteiger partial charge in [0, 0.05) is 0 Å². The van der Waals surface area contributed by atoms with Gasteiger partial charge in [0.25, 0.3) is 0 Å². The van der Waals surface area contributed by atoms with Crippen molar-refractivity contribution in [2.45, 2.75) is 6.54 Å². The number of fused-ring (bicyclic) bond motifs is 1. The van der Waals surface area contributed by atoms with Gasteiger partial charge in [0.15, 0.2) is 17.4 Å². The first kappa shape index (κ1) is 9.64. The highest BCUT2D eigenvalue weighted by molar-refractivity contribution is 6.72. The van der Waals surface area contributed by atoms with Gasteiger partial charge in [-0.25, -0.2) is 14.8 Å². The number of aliphatic imine (C=N–C) groups is 4. The van der Waals surface area contributed by atoms with Crippen LogP contribution in [0.1, 0.15) is 5.76 Å². The monoisotopic (exact) mass is 229 g/mol. The summed E-state index contributed by atoms with van der Waals surface area (Å²) in [6, 6.07) is 3.02. The van der Waals surface area contributed by atoms with E-state index in [1.165, 1.54) is 6.34 Å². The smallest absolute Gasteiger partial charge is 0.371 e. The van der Waals surface area contributed by atoms with E-state index in [0.29, 0.717) is 23.9 Å². The maximum absolute atomic E-state index is 11.2. The molecule has 3 rings (SSSR count). The lowest BCUT2D eigenvalue weighted by Crippen LogP contribution is -2.37. The van der Waals surface area contributed by atoms with Gasteiger partial charge < -0.3 is 9.73 Å². The third kappa shape index (κ3) is 1.78. The highest BCUT2D eigenvalue weighted by Gasteiger charge is 2.25. The average molecular weight is 229 g/mol. The van der Waals surface area contributed by atoms with Crippen molar-refractivity contribution < 1.29 is 9.21 Å². The van der Waals surface area contributed by atoms with Gasteiger partial charge in [0.1, 0.15) is 12.1 Å². The first-order chi connectivity index (χ1) is 8.33. The van der Waals surface area contributed by atoms with Crippen molar-refractivity contribution in [1.82, 2.24) is 5.32 Å². The Balaban J connectivity index is 1.77. The number of urea groups is 1. The van der Waals surface area contributed by atoms with E-state index in [1.54, 1.807) is 12.3 Å². The summed E-state index contributed by atoms with van der Waals surface area (Å²) >= 11 is 0. The summed E-state index contributed by atoms with van der Waals surface area (Å²) in [6.45, 7) is 0.422. The number of nitrogens with one attached hydrogen (secondary N) is 1. The van der Waals surface area contributed by atoms with Gasteiger partial charge in [-0.15, -0.1) is 0 Å². The second-order valence-corrected chi connectivity index (χ2v) is 3.33. The van der Waals surface area contributed by atoms with Crippen molar-refractivity contribution >= 4 is 29.8 Å². The molecule has 2 amide bonds. The van der Waals surface area contributed by atoms with Crippen LogP contribution in [-0.4, -0.2) is 29.8 Å². The number of carbonyl (C=O) groups excluding carboxylic acids is 1. The van der Waals surface area contributed by atoms with Crippen LogP contribution >= 0.6 is 0 Å². The molecule has 2 aliphatic heterocycles. The summed E-state index contributed by atoms with van der Waals surface area (Å²) in [5.41, 5.74) is 0.483. The van der Waals surface area contributed by atoms with E-state index in [4.69, 9.17) is 4.42 Å². The number of amides is 2. The van der Waals surface area contributed by atoms with E-state index in [-0.39, 0.29) is 0 Å². The van der Waals surface area contributed by atoms with E-state index in [9.17, 15) is 4.79 Å². The van der Waals surface area contributed by atoms with Gasteiger partial charge >= 0.3 is 6.03 Å². The summed E-state index contributed by atoms with van der Waals surface area (Å²) in [5, 5.41) is 2.97. The Morgan fingerprint density at radius 1 is 1.35 bits per heavy atom. The summed E-state index contributed by atoms with van der Waals surface area (Å²) in [6.07, 6.45) is 2.92. The molecule has 1 aromatic rings. The molecule has 0 unspecified atom stereocenters. The van der Waals surface area contributed by atoms with Gasteiger partial charge in [0.2, 0.25) is 0 Å². The quantitative estimate of drug-likeness (QED) is 0.812. The molecule has 0 saturated carbocycles. The molecule has 0 aromatic carbocycles. The molecular formula is C10H7N5O2. The second-order valence-electron chi connectivity index (χ2n) is 3.33. The Hall–Kier alpha value is -2.57. The Kier molecular flexibility index (Phi) is 2.14. The van der Waals surface area contributed by atoms with Crippen LogP contribution in [0.3, 0.4) is 0 Å². The lowest BCUT2D eigenvalue weighted by Gasteiger charge is -2.10. The normalized spacial score (nSPS) is 17.4. The standard InChI is InChI=1S/C10H7N5O2/c16-10-14-8(7-9(15-10)13-5-12-7)11-4-6-2-1-3-17-6/h1-3,5H,4H2,(H,11,14,16). The molecule has 3 heterocycles. The molecule has 0 spiro atoms. The van der Waals surface area contributed by atoms with Gasteiger partial charge in [-0.05, 0) is 12.1 Å². The summed E-state index contributed by atoms with van der Waals surface area (Å²) in [7, 11) is 0. The highest BCUT2D eigenvalue weighted by atomic mass is 16.3. The fourth-order valence-corrected chi connectivity index (χ4v) is 1.48. The third-order valence-electron chi connectivity index (χ3n) is 2.22. The van der Waals surface area contributed by atoms with Crippen molar-refractivity contribution in [3.8, 4) is 0 Å². The van der Waals surface area contributed by atoms with Crippen LogP contribution in [0.25, 0.3) is 0 Å². The zero-order valence-electron chi connectivity index (χ0n) is 8.62. The number of furan rings is 1. The number of amidine groups is 2. The molecular weight excluding hydrogens is 222 g/mol. The van der Waals surface area contributed by atoms with Crippen LogP contribution in [0.5, 0.6) is 0 Å². The molecule has 84 valence electrons. The predicted octanol–water partition coefficient (Wildman–Crippen LogP) is 0.783. The first-order valence-corrected chi connectivity index (χ1v) is 4.91. The molecule has 0 bridgehead atoms. The van der Waals surface area contributed by atoms with Gasteiger partial charge in [-0.3, -0.25) is 0 Å². The van der Waals surface area contributed by atoms with Crippen LogP contribution in [0.4, 0.5) is 4.79 Å². The van der Waals surface area contributed by atoms with Crippen molar-refractivity contribution in [2.75, 3.05) is 0 Å². The fraction of sp³-hybridized carbons (Fsp3) is 0.100. The highest BCUT2D eigenvalue weighted by Crippen LogP contribution is 2.06. The molecule has 0 saturated heterocycles. The molecule has 1 N–H and O–H groups in total. The predicted molar refractivity (Wildman–Crippen MR) is 61.7 cm³/mol. The molecule has 0 radical (unpaired) electrons. The Morgan fingerprint density at radius 3 is 3.12 bits per heavy atom. The Labute approximate surface area is 95.7 Å². The lowest BCUT2D eigenvalue weighted by molar-refractivity contribution is 0.257. The minimum absolute atomic E-state index is 0.298. The maximum atomic E-state index is 11.2. The average Bonchev–Trinajstić information content (AvgIpc) is 2.95. The number of hydrogen-bond donors (Lipinski definition) is 1. The van der Waals surface area contributed by atoms with Crippen molar-refractivity contribution in [3.05, 3.63) is 24.2 Å². The van der Waals surface area contributed by atoms with Gasteiger partial charge in [0.05, 0.1) is 12.8 Å². The van der Waals surface area contributed by atoms with E-state index < -0.39 is 6.03 Å². The third-order valence-corrected chi connectivity index (χ3v) is 2.22. The molecule has 1 aromatic heterocycles. The van der Waals surface area contributed by atoms with E-state index in [0.717, 1.165) is 5.76 Å². The SMILES string of the molecule is O=C1N=C2N=CN=C2C(NCc2ccco2)=N1. The van der Waals surface area contributed by atoms with Crippen LogP contribution in [0.15, 0.2) is 42.8 Å². The minimum atomic E-state index is -0.583. The van der Waals surface area contributed by atoms with E-state index in [1.807, 2.05) is 6.07 Å². The zero-order valence-corrected chi connectivity index (χ0v) is 8.62.